The maximum atomic E-state index is 12.7. The predicted molar refractivity (Wildman–Crippen MR) is 99.2 cm³/mol. The van der Waals surface area contributed by atoms with Gasteiger partial charge in [0.25, 0.3) is 0 Å². The second kappa shape index (κ2) is 7.68. The summed E-state index contributed by atoms with van der Waals surface area (Å²) in [7, 11) is 0. The zero-order valence-electron chi connectivity index (χ0n) is 15.5. The van der Waals surface area contributed by atoms with Crippen molar-refractivity contribution >= 4 is 23.8 Å². The first-order valence-electron chi connectivity index (χ1n) is 8.57. The third kappa shape index (κ3) is 4.91. The SMILES string of the molecule is CCC(C)[C@@]1(C(=O)OCc2ccccc2)SC1NC(=O)OC(C)(C)C. The van der Waals surface area contributed by atoms with E-state index in [-0.39, 0.29) is 23.9 Å². The van der Waals surface area contributed by atoms with Gasteiger partial charge in [-0.25, -0.2) is 4.79 Å². The first-order chi connectivity index (χ1) is 11.7. The summed E-state index contributed by atoms with van der Waals surface area (Å²) in [5, 5.41) is 2.48. The maximum Gasteiger partial charge on any atom is 0.408 e. The molecule has 1 amide bonds. The van der Waals surface area contributed by atoms with Gasteiger partial charge < -0.3 is 14.8 Å². The van der Waals surface area contributed by atoms with Gasteiger partial charge in [-0.15, -0.1) is 11.8 Å². The number of hydrogen-bond donors (Lipinski definition) is 1. The van der Waals surface area contributed by atoms with E-state index in [9.17, 15) is 9.59 Å². The van der Waals surface area contributed by atoms with Crippen LogP contribution in [0.2, 0.25) is 0 Å². The Hall–Kier alpha value is -1.69. The summed E-state index contributed by atoms with van der Waals surface area (Å²) in [6, 6.07) is 9.57. The standard InChI is InChI=1S/C19H27NO4S/c1-6-13(2)19(15(25-19)20-17(22)24-18(3,4)5)16(21)23-12-14-10-8-7-9-11-14/h7-11,13,15H,6,12H2,1-5H3,(H,20,22)/t13?,15?,19-/m1/s1. The average molecular weight is 365 g/mol. The van der Waals surface area contributed by atoms with Crippen molar-refractivity contribution in [2.24, 2.45) is 5.92 Å². The van der Waals surface area contributed by atoms with Gasteiger partial charge in [-0.2, -0.15) is 0 Å². The quantitative estimate of drug-likeness (QED) is 0.607. The molecule has 2 rings (SSSR count). The second-order valence-electron chi connectivity index (χ2n) is 7.31. The van der Waals surface area contributed by atoms with Gasteiger partial charge >= 0.3 is 12.1 Å². The number of rotatable bonds is 6. The van der Waals surface area contributed by atoms with Crippen LogP contribution in [0.4, 0.5) is 4.79 Å². The molecule has 1 aromatic carbocycles. The lowest BCUT2D eigenvalue weighted by atomic mass is 9.91. The number of ether oxygens (including phenoxy) is 2. The summed E-state index contributed by atoms with van der Waals surface area (Å²) in [6.45, 7) is 9.69. The molecule has 0 spiro atoms. The number of alkyl carbamates (subject to hydrolysis) is 1. The van der Waals surface area contributed by atoms with Crippen LogP contribution in [0.3, 0.4) is 0 Å². The highest BCUT2D eigenvalue weighted by atomic mass is 32.2. The van der Waals surface area contributed by atoms with Crippen LogP contribution < -0.4 is 5.32 Å². The van der Waals surface area contributed by atoms with Crippen LogP contribution in [0, 0.1) is 5.92 Å². The molecule has 25 heavy (non-hydrogen) atoms. The number of carbonyl (C=O) groups excluding carboxylic acids is 2. The predicted octanol–water partition coefficient (Wildman–Crippen LogP) is 4.11. The fourth-order valence-corrected chi connectivity index (χ4v) is 4.00. The molecule has 5 nitrogen and oxygen atoms in total. The van der Waals surface area contributed by atoms with Crippen LogP contribution in [-0.2, 0) is 20.9 Å². The highest BCUT2D eigenvalue weighted by molar-refractivity contribution is 8.09. The maximum absolute atomic E-state index is 12.7. The molecule has 1 saturated heterocycles. The lowest BCUT2D eigenvalue weighted by molar-refractivity contribution is -0.148. The van der Waals surface area contributed by atoms with Crippen molar-refractivity contribution in [3.8, 4) is 0 Å². The number of hydrogen-bond acceptors (Lipinski definition) is 5. The minimum atomic E-state index is -0.736. The summed E-state index contributed by atoms with van der Waals surface area (Å²) in [6.07, 6.45) is 0.311. The molecule has 0 aliphatic carbocycles. The normalized spacial score (nSPS) is 23.5. The number of carbonyl (C=O) groups is 2. The Morgan fingerprint density at radius 1 is 1.28 bits per heavy atom. The van der Waals surface area contributed by atoms with Crippen molar-refractivity contribution in [3.05, 3.63) is 35.9 Å². The molecular formula is C19H27NO4S. The van der Waals surface area contributed by atoms with Crippen molar-refractivity contribution < 1.29 is 19.1 Å². The molecule has 6 heteroatoms. The fraction of sp³-hybridized carbons (Fsp3) is 0.579. The zero-order chi connectivity index (χ0) is 18.7. The van der Waals surface area contributed by atoms with Gasteiger partial charge in [0.2, 0.25) is 0 Å². The van der Waals surface area contributed by atoms with E-state index >= 15 is 0 Å². The van der Waals surface area contributed by atoms with Crippen molar-refractivity contribution in [2.75, 3.05) is 0 Å². The van der Waals surface area contributed by atoms with E-state index in [1.807, 2.05) is 65.0 Å². The smallest absolute Gasteiger partial charge is 0.408 e. The van der Waals surface area contributed by atoms with E-state index in [1.165, 1.54) is 11.8 Å². The van der Waals surface area contributed by atoms with Gasteiger partial charge in [-0.05, 0) is 32.3 Å². The summed E-state index contributed by atoms with van der Waals surface area (Å²) in [4.78, 5) is 24.8. The van der Waals surface area contributed by atoms with Gasteiger partial charge in [0.15, 0.2) is 0 Å². The molecule has 0 bridgehead atoms. The van der Waals surface area contributed by atoms with E-state index in [0.717, 1.165) is 12.0 Å². The Labute approximate surface area is 153 Å². The van der Waals surface area contributed by atoms with Crippen LogP contribution in [-0.4, -0.2) is 27.8 Å². The van der Waals surface area contributed by atoms with Crippen LogP contribution in [0.1, 0.15) is 46.6 Å². The van der Waals surface area contributed by atoms with E-state index in [1.54, 1.807) is 0 Å². The molecule has 1 aromatic rings. The molecule has 0 saturated carbocycles. The second-order valence-corrected chi connectivity index (χ2v) is 8.69. The molecule has 138 valence electrons. The van der Waals surface area contributed by atoms with Crippen LogP contribution in [0.25, 0.3) is 0 Å². The van der Waals surface area contributed by atoms with Crippen LogP contribution in [0.5, 0.6) is 0 Å². The highest BCUT2D eigenvalue weighted by Gasteiger charge is 2.66. The summed E-state index contributed by atoms with van der Waals surface area (Å²) < 4.78 is 10.1. The Balaban J connectivity index is 1.99. The molecule has 1 aliphatic heterocycles. The van der Waals surface area contributed by atoms with E-state index < -0.39 is 16.4 Å². The number of benzene rings is 1. The van der Waals surface area contributed by atoms with Crippen molar-refractivity contribution in [1.29, 1.82) is 0 Å². The van der Waals surface area contributed by atoms with Gasteiger partial charge in [-0.1, -0.05) is 50.6 Å². The lowest BCUT2D eigenvalue weighted by Gasteiger charge is -2.22. The lowest BCUT2D eigenvalue weighted by Crippen LogP contribution is -2.43. The van der Waals surface area contributed by atoms with Crippen molar-refractivity contribution in [1.82, 2.24) is 5.32 Å². The number of amides is 1. The molecule has 2 unspecified atom stereocenters. The molecule has 1 N–H and O–H groups in total. The average Bonchev–Trinajstić information content (AvgIpc) is 3.25. The third-order valence-electron chi connectivity index (χ3n) is 4.17. The Morgan fingerprint density at radius 3 is 2.48 bits per heavy atom. The van der Waals surface area contributed by atoms with Gasteiger partial charge in [0, 0.05) is 0 Å². The minimum absolute atomic E-state index is 0.0840. The summed E-state index contributed by atoms with van der Waals surface area (Å²) in [5.41, 5.74) is 0.369. The van der Waals surface area contributed by atoms with E-state index in [0.29, 0.717) is 0 Å². The molecule has 0 radical (unpaired) electrons. The van der Waals surface area contributed by atoms with Gasteiger partial charge in [-0.3, -0.25) is 4.79 Å². The Bertz CT molecular complexity index is 614. The fourth-order valence-electron chi connectivity index (χ4n) is 2.58. The monoisotopic (exact) mass is 365 g/mol. The number of thioether (sulfide) groups is 1. The third-order valence-corrected chi connectivity index (χ3v) is 5.84. The van der Waals surface area contributed by atoms with Crippen molar-refractivity contribution in [3.63, 3.8) is 0 Å². The largest absolute Gasteiger partial charge is 0.460 e. The number of esters is 1. The van der Waals surface area contributed by atoms with E-state index in [4.69, 9.17) is 9.47 Å². The number of nitrogens with one attached hydrogen (secondary N) is 1. The Kier molecular flexibility index (Phi) is 6.03. The zero-order valence-corrected chi connectivity index (χ0v) is 16.3. The molecular weight excluding hydrogens is 338 g/mol. The molecule has 3 atom stereocenters. The van der Waals surface area contributed by atoms with E-state index in [2.05, 4.69) is 5.32 Å². The summed E-state index contributed by atoms with van der Waals surface area (Å²) >= 11 is 1.43. The molecule has 0 aromatic heterocycles. The van der Waals surface area contributed by atoms with Gasteiger partial charge in [0.1, 0.15) is 22.3 Å². The van der Waals surface area contributed by atoms with Crippen LogP contribution in [0.15, 0.2) is 30.3 Å². The molecule has 1 heterocycles. The summed E-state index contributed by atoms with van der Waals surface area (Å²) in [5.74, 6) is -0.197. The van der Waals surface area contributed by atoms with Crippen molar-refractivity contribution in [2.45, 2.75) is 63.4 Å². The highest BCUT2D eigenvalue weighted by Crippen LogP contribution is 2.58. The molecule has 1 aliphatic rings. The minimum Gasteiger partial charge on any atom is -0.460 e. The Morgan fingerprint density at radius 2 is 1.92 bits per heavy atom. The van der Waals surface area contributed by atoms with Crippen LogP contribution >= 0.6 is 11.8 Å². The molecule has 1 fully saturated rings. The first kappa shape index (κ1) is 19.6. The van der Waals surface area contributed by atoms with Gasteiger partial charge in [0.05, 0.1) is 0 Å². The topological polar surface area (TPSA) is 64.6 Å². The first-order valence-corrected chi connectivity index (χ1v) is 9.45.